The van der Waals surface area contributed by atoms with Crippen LogP contribution in [-0.2, 0) is 15.9 Å². The van der Waals surface area contributed by atoms with E-state index in [4.69, 9.17) is 14.5 Å². The Bertz CT molecular complexity index is 613. The minimum absolute atomic E-state index is 0.310. The zero-order chi connectivity index (χ0) is 14.1. The van der Waals surface area contributed by atoms with Crippen molar-refractivity contribution in [3.63, 3.8) is 0 Å². The van der Waals surface area contributed by atoms with E-state index in [0.29, 0.717) is 12.1 Å². The minimum atomic E-state index is 0.310. The van der Waals surface area contributed by atoms with E-state index in [0.717, 1.165) is 68.9 Å². The van der Waals surface area contributed by atoms with E-state index in [2.05, 4.69) is 9.55 Å². The Hall–Kier alpha value is -1.46. The van der Waals surface area contributed by atoms with Gasteiger partial charge in [0.25, 0.3) is 0 Å². The van der Waals surface area contributed by atoms with Gasteiger partial charge in [-0.05, 0) is 37.8 Å². The number of ether oxygens (including phenoxy) is 2. The van der Waals surface area contributed by atoms with Crippen LogP contribution in [0.25, 0.3) is 11.2 Å². The van der Waals surface area contributed by atoms with Crippen LogP contribution < -0.4 is 0 Å². The maximum Gasteiger partial charge on any atom is 0.160 e. The van der Waals surface area contributed by atoms with Gasteiger partial charge in [0.15, 0.2) is 5.65 Å². The molecule has 0 spiro atoms. The third kappa shape index (κ3) is 2.56. The first kappa shape index (κ1) is 13.2. The average molecular weight is 287 g/mol. The van der Waals surface area contributed by atoms with E-state index in [9.17, 15) is 0 Å². The summed E-state index contributed by atoms with van der Waals surface area (Å²) in [4.78, 5) is 9.37. The smallest absolute Gasteiger partial charge is 0.160 e. The highest BCUT2D eigenvalue weighted by atomic mass is 16.5. The van der Waals surface area contributed by atoms with Crippen molar-refractivity contribution >= 4 is 11.2 Å². The van der Waals surface area contributed by atoms with E-state index in [1.165, 1.54) is 0 Å². The summed E-state index contributed by atoms with van der Waals surface area (Å²) in [5.74, 6) is 1.10. The van der Waals surface area contributed by atoms with E-state index in [1.807, 2.05) is 18.3 Å². The highest BCUT2D eigenvalue weighted by molar-refractivity contribution is 5.71. The fourth-order valence-corrected chi connectivity index (χ4v) is 3.44. The second-order valence-electron chi connectivity index (χ2n) is 5.95. The predicted molar refractivity (Wildman–Crippen MR) is 79.3 cm³/mol. The van der Waals surface area contributed by atoms with Gasteiger partial charge in [0, 0.05) is 25.8 Å². The van der Waals surface area contributed by atoms with Crippen LogP contribution in [0.4, 0.5) is 0 Å². The van der Waals surface area contributed by atoms with Crippen LogP contribution >= 0.6 is 0 Å². The molecule has 2 aromatic heterocycles. The highest BCUT2D eigenvalue weighted by Crippen LogP contribution is 2.27. The summed E-state index contributed by atoms with van der Waals surface area (Å²) in [5.41, 5.74) is 1.97. The van der Waals surface area contributed by atoms with Gasteiger partial charge in [-0.1, -0.05) is 0 Å². The fourth-order valence-electron chi connectivity index (χ4n) is 3.44. The summed E-state index contributed by atoms with van der Waals surface area (Å²) in [7, 11) is 0. The number of hydrogen-bond donors (Lipinski definition) is 0. The molecule has 0 N–H and O–H groups in total. The van der Waals surface area contributed by atoms with Crippen molar-refractivity contribution in [2.75, 3.05) is 19.8 Å². The summed E-state index contributed by atoms with van der Waals surface area (Å²) in [6, 6.07) is 4.35. The lowest BCUT2D eigenvalue weighted by molar-refractivity contribution is 0.0577. The molecule has 0 radical (unpaired) electrons. The first-order valence-electron chi connectivity index (χ1n) is 7.93. The number of rotatable bonds is 3. The molecule has 4 rings (SSSR count). The number of hydrogen-bond acceptors (Lipinski definition) is 4. The average Bonchev–Trinajstić information content (AvgIpc) is 3.15. The van der Waals surface area contributed by atoms with Gasteiger partial charge in [0.2, 0.25) is 0 Å². The van der Waals surface area contributed by atoms with Crippen LogP contribution in [-0.4, -0.2) is 40.5 Å². The Morgan fingerprint density at radius 3 is 3.00 bits per heavy atom. The molecule has 0 saturated carbocycles. The van der Waals surface area contributed by atoms with Gasteiger partial charge in [0.05, 0.1) is 18.8 Å². The van der Waals surface area contributed by atoms with Crippen LogP contribution in [0, 0.1) is 0 Å². The van der Waals surface area contributed by atoms with Gasteiger partial charge in [-0.3, -0.25) is 0 Å². The SMILES string of the molecule is c1cnc2c(c1)nc(CC1CCCO1)n2C1CCCOC1. The number of aromatic nitrogens is 3. The molecule has 5 heteroatoms. The standard InChI is InChI=1S/C16H21N3O2/c1-6-14-16(17-7-1)19(12-4-2-8-20-11-12)15(18-14)10-13-5-3-9-21-13/h1,6-7,12-13H,2-5,8-11H2. The summed E-state index contributed by atoms with van der Waals surface area (Å²) in [5, 5.41) is 0. The van der Waals surface area contributed by atoms with Crippen LogP contribution in [0.15, 0.2) is 18.3 Å². The summed E-state index contributed by atoms with van der Waals surface area (Å²) < 4.78 is 13.8. The second-order valence-corrected chi connectivity index (χ2v) is 5.95. The molecule has 2 aliphatic heterocycles. The second kappa shape index (κ2) is 5.73. The third-order valence-electron chi connectivity index (χ3n) is 4.46. The molecule has 0 bridgehead atoms. The van der Waals surface area contributed by atoms with Crippen molar-refractivity contribution in [1.82, 2.24) is 14.5 Å². The number of nitrogens with zero attached hydrogens (tertiary/aromatic N) is 3. The van der Waals surface area contributed by atoms with Gasteiger partial charge in [0.1, 0.15) is 11.3 Å². The molecule has 0 amide bonds. The Labute approximate surface area is 124 Å². The predicted octanol–water partition coefficient (Wildman–Crippen LogP) is 2.50. The summed E-state index contributed by atoms with van der Waals surface area (Å²) in [6.45, 7) is 2.52. The topological polar surface area (TPSA) is 49.2 Å². The van der Waals surface area contributed by atoms with Crippen molar-refractivity contribution in [2.45, 2.75) is 44.2 Å². The molecule has 2 fully saturated rings. The first-order chi connectivity index (χ1) is 10.4. The van der Waals surface area contributed by atoms with Crippen molar-refractivity contribution < 1.29 is 9.47 Å². The molecule has 5 nitrogen and oxygen atoms in total. The molecule has 21 heavy (non-hydrogen) atoms. The molecule has 2 aromatic rings. The van der Waals surface area contributed by atoms with Gasteiger partial charge < -0.3 is 14.0 Å². The normalized spacial score (nSPS) is 26.5. The van der Waals surface area contributed by atoms with Gasteiger partial charge in [-0.2, -0.15) is 0 Å². The maximum absolute atomic E-state index is 5.79. The molecule has 2 aliphatic rings. The van der Waals surface area contributed by atoms with Crippen molar-refractivity contribution in [2.24, 2.45) is 0 Å². The monoisotopic (exact) mass is 287 g/mol. The lowest BCUT2D eigenvalue weighted by atomic mass is 10.1. The quantitative estimate of drug-likeness (QED) is 0.870. The zero-order valence-corrected chi connectivity index (χ0v) is 12.2. The zero-order valence-electron chi connectivity index (χ0n) is 12.2. The van der Waals surface area contributed by atoms with E-state index >= 15 is 0 Å². The molecule has 0 aromatic carbocycles. The van der Waals surface area contributed by atoms with Crippen LogP contribution in [0.3, 0.4) is 0 Å². The van der Waals surface area contributed by atoms with Crippen LogP contribution in [0.2, 0.25) is 0 Å². The van der Waals surface area contributed by atoms with E-state index < -0.39 is 0 Å². The molecule has 4 heterocycles. The van der Waals surface area contributed by atoms with Crippen molar-refractivity contribution in [3.05, 3.63) is 24.2 Å². The van der Waals surface area contributed by atoms with Crippen molar-refractivity contribution in [3.8, 4) is 0 Å². The third-order valence-corrected chi connectivity index (χ3v) is 4.46. The van der Waals surface area contributed by atoms with Crippen LogP contribution in [0.1, 0.15) is 37.5 Å². The first-order valence-corrected chi connectivity index (χ1v) is 7.93. The molecule has 0 aliphatic carbocycles. The van der Waals surface area contributed by atoms with Gasteiger partial charge in [-0.15, -0.1) is 0 Å². The largest absolute Gasteiger partial charge is 0.379 e. The fraction of sp³-hybridized carbons (Fsp3) is 0.625. The molecule has 112 valence electrons. The number of imidazole rings is 1. The number of fused-ring (bicyclic) bond motifs is 1. The molecular weight excluding hydrogens is 266 g/mol. The van der Waals surface area contributed by atoms with E-state index in [1.54, 1.807) is 0 Å². The summed E-state index contributed by atoms with van der Waals surface area (Å²) in [6.07, 6.45) is 7.59. The van der Waals surface area contributed by atoms with Crippen LogP contribution in [0.5, 0.6) is 0 Å². The molecule has 2 atom stereocenters. The molecule has 2 unspecified atom stereocenters. The molecular formula is C16H21N3O2. The minimum Gasteiger partial charge on any atom is -0.379 e. The number of pyridine rings is 1. The Morgan fingerprint density at radius 2 is 2.19 bits per heavy atom. The lowest BCUT2D eigenvalue weighted by Crippen LogP contribution is -2.24. The Kier molecular flexibility index (Phi) is 3.61. The van der Waals surface area contributed by atoms with Gasteiger partial charge in [-0.25, -0.2) is 9.97 Å². The highest BCUT2D eigenvalue weighted by Gasteiger charge is 2.25. The van der Waals surface area contributed by atoms with Gasteiger partial charge >= 0.3 is 0 Å². The summed E-state index contributed by atoms with van der Waals surface area (Å²) >= 11 is 0. The maximum atomic E-state index is 5.79. The van der Waals surface area contributed by atoms with Crippen molar-refractivity contribution in [1.29, 1.82) is 0 Å². The van der Waals surface area contributed by atoms with E-state index in [-0.39, 0.29) is 0 Å². The Morgan fingerprint density at radius 1 is 1.24 bits per heavy atom. The lowest BCUT2D eigenvalue weighted by Gasteiger charge is -2.25. The Balaban J connectivity index is 1.72. The molecule has 2 saturated heterocycles.